The van der Waals surface area contributed by atoms with Crippen LogP contribution >= 0.6 is 0 Å². The Morgan fingerprint density at radius 3 is 2.58 bits per heavy atom. The van der Waals surface area contributed by atoms with Gasteiger partial charge in [0.1, 0.15) is 7.85 Å². The standard InChI is InChI=1S/C8H3BO3/c9-5-3-1-2-4-6(5)8(11)12-7(4)10/h1-3H. The summed E-state index contributed by atoms with van der Waals surface area (Å²) in [6.07, 6.45) is 0. The van der Waals surface area contributed by atoms with E-state index >= 15 is 0 Å². The third-order valence-corrected chi connectivity index (χ3v) is 1.71. The van der Waals surface area contributed by atoms with Gasteiger partial charge in [0, 0.05) is 0 Å². The van der Waals surface area contributed by atoms with Gasteiger partial charge in [-0.15, -0.1) is 0 Å². The predicted molar refractivity (Wildman–Crippen MR) is 41.6 cm³/mol. The van der Waals surface area contributed by atoms with Gasteiger partial charge >= 0.3 is 11.9 Å². The molecule has 1 aromatic carbocycles. The summed E-state index contributed by atoms with van der Waals surface area (Å²) in [6.45, 7) is 0. The van der Waals surface area contributed by atoms with E-state index in [4.69, 9.17) is 7.85 Å². The summed E-state index contributed by atoms with van der Waals surface area (Å²) in [5.41, 5.74) is 0.714. The molecule has 0 N–H and O–H groups in total. The lowest BCUT2D eigenvalue weighted by Gasteiger charge is -1.95. The highest BCUT2D eigenvalue weighted by Gasteiger charge is 2.30. The van der Waals surface area contributed by atoms with E-state index in [0.29, 0.717) is 0 Å². The number of benzene rings is 1. The minimum Gasteiger partial charge on any atom is -0.386 e. The van der Waals surface area contributed by atoms with Crippen molar-refractivity contribution in [2.75, 3.05) is 0 Å². The highest BCUT2D eigenvalue weighted by atomic mass is 16.6. The Morgan fingerprint density at radius 2 is 1.92 bits per heavy atom. The van der Waals surface area contributed by atoms with Crippen LogP contribution in [0, 0.1) is 0 Å². The molecule has 0 bridgehead atoms. The molecule has 1 aliphatic rings. The molecular formula is C8H3BO3. The van der Waals surface area contributed by atoms with Crippen LogP contribution in [0.4, 0.5) is 0 Å². The first kappa shape index (κ1) is 7.09. The maximum atomic E-state index is 11.0. The SMILES string of the molecule is [B]c1cccc2c1C(=O)OC2=O. The number of hydrogen-bond donors (Lipinski definition) is 0. The Kier molecular flexibility index (Phi) is 1.30. The van der Waals surface area contributed by atoms with Gasteiger partial charge in [-0.1, -0.05) is 17.6 Å². The van der Waals surface area contributed by atoms with Gasteiger partial charge in [-0.05, 0) is 6.07 Å². The van der Waals surface area contributed by atoms with Crippen molar-refractivity contribution in [1.82, 2.24) is 0 Å². The maximum Gasteiger partial charge on any atom is 0.346 e. The van der Waals surface area contributed by atoms with Crippen LogP contribution in [0.15, 0.2) is 18.2 Å². The van der Waals surface area contributed by atoms with Crippen LogP contribution in [0.1, 0.15) is 20.7 Å². The summed E-state index contributed by atoms with van der Waals surface area (Å²) in [7, 11) is 5.47. The topological polar surface area (TPSA) is 43.4 Å². The van der Waals surface area contributed by atoms with E-state index in [1.807, 2.05) is 0 Å². The Hall–Kier alpha value is -1.58. The van der Waals surface area contributed by atoms with E-state index in [1.54, 1.807) is 12.1 Å². The number of rotatable bonds is 0. The first-order valence-electron chi connectivity index (χ1n) is 3.35. The lowest BCUT2D eigenvalue weighted by molar-refractivity contribution is 0.0444. The average Bonchev–Trinajstić information content (AvgIpc) is 2.29. The molecule has 4 heteroatoms. The second kappa shape index (κ2) is 2.20. The highest BCUT2D eigenvalue weighted by Crippen LogP contribution is 2.16. The zero-order valence-electron chi connectivity index (χ0n) is 6.03. The monoisotopic (exact) mass is 158 g/mol. The third-order valence-electron chi connectivity index (χ3n) is 1.71. The Bertz CT molecular complexity index is 384. The van der Waals surface area contributed by atoms with Crippen LogP contribution in [-0.2, 0) is 4.74 Å². The van der Waals surface area contributed by atoms with Crippen LogP contribution < -0.4 is 5.46 Å². The Balaban J connectivity index is 2.75. The second-order valence-electron chi connectivity index (χ2n) is 2.45. The third kappa shape index (κ3) is 0.779. The molecule has 0 atom stereocenters. The molecule has 0 unspecified atom stereocenters. The molecule has 0 saturated carbocycles. The fourth-order valence-corrected chi connectivity index (χ4v) is 1.16. The van der Waals surface area contributed by atoms with E-state index in [9.17, 15) is 9.59 Å². The predicted octanol–water partition coefficient (Wildman–Crippen LogP) is -0.209. The molecule has 0 amide bonds. The number of carbonyl (C=O) groups is 2. The number of cyclic esters (lactones) is 2. The molecule has 56 valence electrons. The van der Waals surface area contributed by atoms with Crippen LogP contribution in [0.3, 0.4) is 0 Å². The van der Waals surface area contributed by atoms with Gasteiger partial charge in [0.25, 0.3) is 0 Å². The lowest BCUT2D eigenvalue weighted by Crippen LogP contribution is -2.13. The van der Waals surface area contributed by atoms with Crippen molar-refractivity contribution in [3.63, 3.8) is 0 Å². The van der Waals surface area contributed by atoms with Gasteiger partial charge in [0.15, 0.2) is 0 Å². The minimum atomic E-state index is -0.659. The zero-order valence-corrected chi connectivity index (χ0v) is 6.03. The average molecular weight is 158 g/mol. The Morgan fingerprint density at radius 1 is 1.17 bits per heavy atom. The zero-order chi connectivity index (χ0) is 8.72. The van der Waals surface area contributed by atoms with Gasteiger partial charge in [0.05, 0.1) is 11.1 Å². The van der Waals surface area contributed by atoms with Crippen molar-refractivity contribution in [2.45, 2.75) is 0 Å². The fraction of sp³-hybridized carbons (Fsp3) is 0. The van der Waals surface area contributed by atoms with Crippen LogP contribution in [-0.4, -0.2) is 19.8 Å². The van der Waals surface area contributed by atoms with Gasteiger partial charge in [-0.3, -0.25) is 0 Å². The molecule has 0 aliphatic carbocycles. The summed E-state index contributed by atoms with van der Waals surface area (Å²) in [4.78, 5) is 21.9. The van der Waals surface area contributed by atoms with Crippen molar-refractivity contribution < 1.29 is 14.3 Å². The van der Waals surface area contributed by atoms with Crippen molar-refractivity contribution in [1.29, 1.82) is 0 Å². The summed E-state index contributed by atoms with van der Waals surface area (Å²) < 4.78 is 4.35. The van der Waals surface area contributed by atoms with E-state index in [0.717, 1.165) is 0 Å². The largest absolute Gasteiger partial charge is 0.386 e. The molecule has 1 aliphatic heterocycles. The van der Waals surface area contributed by atoms with E-state index in [1.165, 1.54) is 6.07 Å². The number of esters is 2. The number of fused-ring (bicyclic) bond motifs is 1. The van der Waals surface area contributed by atoms with Crippen LogP contribution in [0.2, 0.25) is 0 Å². The molecule has 0 saturated heterocycles. The van der Waals surface area contributed by atoms with E-state index in [2.05, 4.69) is 4.74 Å². The van der Waals surface area contributed by atoms with E-state index in [-0.39, 0.29) is 16.6 Å². The van der Waals surface area contributed by atoms with Crippen molar-refractivity contribution in [3.8, 4) is 0 Å². The van der Waals surface area contributed by atoms with Gasteiger partial charge in [-0.25, -0.2) is 9.59 Å². The lowest BCUT2D eigenvalue weighted by atomic mass is 9.88. The molecule has 0 spiro atoms. The van der Waals surface area contributed by atoms with Gasteiger partial charge < -0.3 is 4.74 Å². The molecule has 12 heavy (non-hydrogen) atoms. The fourth-order valence-electron chi connectivity index (χ4n) is 1.16. The molecule has 0 aromatic heterocycles. The Labute approximate surface area is 69.7 Å². The van der Waals surface area contributed by atoms with Gasteiger partial charge in [0.2, 0.25) is 0 Å². The minimum absolute atomic E-state index is 0.183. The highest BCUT2D eigenvalue weighted by molar-refractivity contribution is 6.38. The summed E-state index contributed by atoms with van der Waals surface area (Å²) in [5.74, 6) is -1.28. The van der Waals surface area contributed by atoms with Crippen molar-refractivity contribution in [2.24, 2.45) is 0 Å². The summed E-state index contributed by atoms with van der Waals surface area (Å²) >= 11 is 0. The molecule has 2 radical (unpaired) electrons. The molecule has 2 rings (SSSR count). The second-order valence-corrected chi connectivity index (χ2v) is 2.45. The molecule has 0 fully saturated rings. The number of carbonyl (C=O) groups excluding carboxylic acids is 2. The van der Waals surface area contributed by atoms with Crippen LogP contribution in [0.25, 0.3) is 0 Å². The quantitative estimate of drug-likeness (QED) is 0.298. The normalized spacial score (nSPS) is 14.3. The molecular weight excluding hydrogens is 155 g/mol. The molecule has 1 heterocycles. The van der Waals surface area contributed by atoms with Crippen molar-refractivity contribution >= 4 is 25.2 Å². The number of ether oxygens (including phenoxy) is 1. The van der Waals surface area contributed by atoms with Gasteiger partial charge in [-0.2, -0.15) is 0 Å². The number of hydrogen-bond acceptors (Lipinski definition) is 3. The maximum absolute atomic E-state index is 11.0. The first-order chi connectivity index (χ1) is 5.70. The first-order valence-corrected chi connectivity index (χ1v) is 3.35. The summed E-state index contributed by atoms with van der Waals surface area (Å²) in [5, 5.41) is 0. The molecule has 1 aromatic rings. The molecule has 3 nitrogen and oxygen atoms in total. The van der Waals surface area contributed by atoms with Crippen LogP contribution in [0.5, 0.6) is 0 Å². The van der Waals surface area contributed by atoms with Crippen molar-refractivity contribution in [3.05, 3.63) is 29.3 Å². The van der Waals surface area contributed by atoms with E-state index < -0.39 is 11.9 Å². The smallest absolute Gasteiger partial charge is 0.346 e. The summed E-state index contributed by atoms with van der Waals surface area (Å²) in [6, 6.07) is 4.67.